The largest absolute Gasteiger partial charge is 0.480 e. The van der Waals surface area contributed by atoms with Crippen LogP contribution in [0.4, 0.5) is 13.2 Å². The molecule has 1 aliphatic heterocycles. The Balaban J connectivity index is 2.48. The summed E-state index contributed by atoms with van der Waals surface area (Å²) in [5.74, 6) is -1.35. The fourth-order valence-corrected chi connectivity index (χ4v) is 4.03. The Hall–Kier alpha value is -1.32. The molecule has 0 aliphatic carbocycles. The minimum Gasteiger partial charge on any atom is -0.480 e. The van der Waals surface area contributed by atoms with Crippen LogP contribution in [0.1, 0.15) is 12.0 Å². The minimum atomic E-state index is -4.73. The van der Waals surface area contributed by atoms with Gasteiger partial charge in [0.25, 0.3) is 0 Å². The first kappa shape index (κ1) is 16.1. The molecule has 1 N–H and O–H groups in total. The van der Waals surface area contributed by atoms with Gasteiger partial charge in [-0.3, -0.25) is 4.79 Å². The Morgan fingerprint density at radius 3 is 2.43 bits per heavy atom. The van der Waals surface area contributed by atoms with Crippen LogP contribution < -0.4 is 0 Å². The van der Waals surface area contributed by atoms with Crippen molar-refractivity contribution in [2.45, 2.75) is 23.5 Å². The van der Waals surface area contributed by atoms with E-state index in [-0.39, 0.29) is 18.0 Å². The van der Waals surface area contributed by atoms with Crippen molar-refractivity contribution in [2.75, 3.05) is 6.54 Å². The Morgan fingerprint density at radius 1 is 1.38 bits per heavy atom. The maximum Gasteiger partial charge on any atom is 0.416 e. The highest BCUT2D eigenvalue weighted by molar-refractivity contribution is 7.89. The zero-order valence-electron chi connectivity index (χ0n) is 10.3. The first-order valence-electron chi connectivity index (χ1n) is 5.66. The highest BCUT2D eigenvalue weighted by Gasteiger charge is 2.44. The van der Waals surface area contributed by atoms with Gasteiger partial charge in [0.05, 0.1) is 10.6 Å². The molecule has 1 atom stereocenters. The van der Waals surface area contributed by atoms with E-state index < -0.39 is 38.7 Å². The van der Waals surface area contributed by atoms with Gasteiger partial charge in [0.2, 0.25) is 10.0 Å². The van der Waals surface area contributed by atoms with Gasteiger partial charge >= 0.3 is 12.1 Å². The quantitative estimate of drug-likeness (QED) is 0.913. The molecule has 0 radical (unpaired) electrons. The molecule has 10 heteroatoms. The number of benzene rings is 1. The van der Waals surface area contributed by atoms with E-state index in [9.17, 15) is 26.4 Å². The number of rotatable bonds is 3. The number of hydrogen-bond donors (Lipinski definition) is 1. The predicted molar refractivity (Wildman–Crippen MR) is 66.4 cm³/mol. The molecule has 5 nitrogen and oxygen atoms in total. The molecular weight excluding hydrogens is 335 g/mol. The van der Waals surface area contributed by atoms with Crippen molar-refractivity contribution in [3.05, 3.63) is 28.8 Å². The summed E-state index contributed by atoms with van der Waals surface area (Å²) in [5.41, 5.74) is -1.17. The molecule has 0 aromatic heterocycles. The van der Waals surface area contributed by atoms with Crippen molar-refractivity contribution in [1.82, 2.24) is 4.31 Å². The van der Waals surface area contributed by atoms with Crippen LogP contribution in [-0.4, -0.2) is 36.4 Å². The standard InChI is InChI=1S/C11H9ClF3NO4S/c12-7-2-1-6(11(13,14)15)5-9(7)21(19,20)16-4-3-8(16)10(17)18/h1-2,5,8H,3-4H2,(H,17,18). The number of alkyl halides is 3. The van der Waals surface area contributed by atoms with Gasteiger partial charge in [-0.1, -0.05) is 11.6 Å². The van der Waals surface area contributed by atoms with Crippen molar-refractivity contribution >= 4 is 27.6 Å². The average Bonchev–Trinajstić information content (AvgIpc) is 2.24. The fraction of sp³-hybridized carbons (Fsp3) is 0.364. The van der Waals surface area contributed by atoms with E-state index in [1.807, 2.05) is 0 Å². The monoisotopic (exact) mass is 343 g/mol. The van der Waals surface area contributed by atoms with Gasteiger partial charge in [-0.25, -0.2) is 8.42 Å². The van der Waals surface area contributed by atoms with Crippen LogP contribution in [0.5, 0.6) is 0 Å². The molecular formula is C11H9ClF3NO4S. The number of nitrogens with zero attached hydrogens (tertiary/aromatic N) is 1. The van der Waals surface area contributed by atoms with Gasteiger partial charge in [-0.15, -0.1) is 0 Å². The third-order valence-electron chi connectivity index (χ3n) is 3.10. The summed E-state index contributed by atoms with van der Waals surface area (Å²) < 4.78 is 63.0. The summed E-state index contributed by atoms with van der Waals surface area (Å²) in [4.78, 5) is 10.1. The summed E-state index contributed by atoms with van der Waals surface area (Å²) >= 11 is 5.66. The molecule has 0 spiro atoms. The number of carboxylic acid groups (broad SMARTS) is 1. The number of carboxylic acids is 1. The zero-order valence-corrected chi connectivity index (χ0v) is 11.8. The molecule has 1 fully saturated rings. The van der Waals surface area contributed by atoms with Crippen LogP contribution in [0.2, 0.25) is 5.02 Å². The summed E-state index contributed by atoms with van der Waals surface area (Å²) in [6.45, 7) is -0.0775. The minimum absolute atomic E-state index is 0.0775. The zero-order chi connectivity index (χ0) is 16.0. The van der Waals surface area contributed by atoms with Crippen LogP contribution in [0.15, 0.2) is 23.1 Å². The van der Waals surface area contributed by atoms with Crippen LogP contribution in [0, 0.1) is 0 Å². The van der Waals surface area contributed by atoms with Gasteiger partial charge in [-0.05, 0) is 24.6 Å². The predicted octanol–water partition coefficient (Wildman–Crippen LogP) is 2.21. The van der Waals surface area contributed by atoms with Gasteiger partial charge < -0.3 is 5.11 Å². The van der Waals surface area contributed by atoms with E-state index >= 15 is 0 Å². The Kier molecular flexibility index (Phi) is 3.94. The lowest BCUT2D eigenvalue weighted by Crippen LogP contribution is -2.54. The summed E-state index contributed by atoms with van der Waals surface area (Å²) in [5, 5.41) is 8.46. The van der Waals surface area contributed by atoms with E-state index in [1.54, 1.807) is 0 Å². The summed E-state index contributed by atoms with van der Waals surface area (Å²) in [7, 11) is -4.39. The number of hydrogen-bond acceptors (Lipinski definition) is 3. The number of sulfonamides is 1. The Morgan fingerprint density at radius 2 is 2.00 bits per heavy atom. The number of halogens is 4. The van der Waals surface area contributed by atoms with Crippen LogP contribution in [0.25, 0.3) is 0 Å². The van der Waals surface area contributed by atoms with E-state index in [2.05, 4.69) is 0 Å². The van der Waals surface area contributed by atoms with Gasteiger partial charge in [0.1, 0.15) is 10.9 Å². The normalized spacial score (nSPS) is 20.1. The van der Waals surface area contributed by atoms with Crippen molar-refractivity contribution in [3.8, 4) is 0 Å². The van der Waals surface area contributed by atoms with Gasteiger partial charge in [0, 0.05) is 6.54 Å². The first-order valence-corrected chi connectivity index (χ1v) is 7.48. The SMILES string of the molecule is O=C(O)C1CCN1S(=O)(=O)c1cc(C(F)(F)F)ccc1Cl. The first-order chi connectivity index (χ1) is 9.55. The Labute approximate surface area is 123 Å². The Bertz CT molecular complexity index is 689. The third kappa shape index (κ3) is 2.85. The highest BCUT2D eigenvalue weighted by atomic mass is 35.5. The average molecular weight is 344 g/mol. The topological polar surface area (TPSA) is 74.7 Å². The fourth-order valence-electron chi connectivity index (χ4n) is 1.90. The van der Waals surface area contributed by atoms with E-state index in [0.29, 0.717) is 16.4 Å². The molecule has 21 heavy (non-hydrogen) atoms. The number of aliphatic carboxylic acids is 1. The molecule has 1 heterocycles. The van der Waals surface area contributed by atoms with E-state index in [0.717, 1.165) is 6.07 Å². The maximum absolute atomic E-state index is 12.6. The lowest BCUT2D eigenvalue weighted by Gasteiger charge is -2.36. The molecule has 1 aliphatic rings. The molecule has 0 amide bonds. The van der Waals surface area contributed by atoms with Crippen molar-refractivity contribution in [2.24, 2.45) is 0 Å². The summed E-state index contributed by atoms with van der Waals surface area (Å²) in [6.07, 6.45) is -4.62. The van der Waals surface area contributed by atoms with Crippen molar-refractivity contribution in [1.29, 1.82) is 0 Å². The second-order valence-electron chi connectivity index (χ2n) is 4.40. The molecule has 0 bridgehead atoms. The van der Waals surface area contributed by atoms with Crippen molar-refractivity contribution < 1.29 is 31.5 Å². The highest BCUT2D eigenvalue weighted by Crippen LogP contribution is 2.36. The molecule has 2 rings (SSSR count). The van der Waals surface area contributed by atoms with Crippen LogP contribution >= 0.6 is 11.6 Å². The molecule has 1 saturated heterocycles. The lowest BCUT2D eigenvalue weighted by atomic mass is 10.1. The molecule has 1 aromatic carbocycles. The molecule has 0 saturated carbocycles. The molecule has 1 aromatic rings. The van der Waals surface area contributed by atoms with E-state index in [4.69, 9.17) is 16.7 Å². The molecule has 1 unspecified atom stereocenters. The van der Waals surface area contributed by atoms with Crippen LogP contribution in [-0.2, 0) is 21.0 Å². The maximum atomic E-state index is 12.6. The van der Waals surface area contributed by atoms with Crippen LogP contribution in [0.3, 0.4) is 0 Å². The second kappa shape index (κ2) is 5.15. The van der Waals surface area contributed by atoms with Gasteiger partial charge in [-0.2, -0.15) is 17.5 Å². The van der Waals surface area contributed by atoms with Gasteiger partial charge in [0.15, 0.2) is 0 Å². The smallest absolute Gasteiger partial charge is 0.416 e. The molecule has 116 valence electrons. The lowest BCUT2D eigenvalue weighted by molar-refractivity contribution is -0.144. The van der Waals surface area contributed by atoms with Crippen molar-refractivity contribution in [3.63, 3.8) is 0 Å². The second-order valence-corrected chi connectivity index (χ2v) is 6.67. The number of carbonyl (C=O) groups is 1. The third-order valence-corrected chi connectivity index (χ3v) is 5.49. The summed E-state index contributed by atoms with van der Waals surface area (Å²) in [6, 6.07) is 0.619. The van der Waals surface area contributed by atoms with E-state index in [1.165, 1.54) is 0 Å².